The van der Waals surface area contributed by atoms with Gasteiger partial charge in [-0.05, 0) is 0 Å². The Morgan fingerprint density at radius 2 is 2.55 bits per heavy atom. The summed E-state index contributed by atoms with van der Waals surface area (Å²) in [6.45, 7) is 0.495. The number of nitrogens with two attached hydrogens (primary N) is 1. The molecule has 0 fully saturated rings. The lowest BCUT2D eigenvalue weighted by molar-refractivity contribution is 0.345. The summed E-state index contributed by atoms with van der Waals surface area (Å²) in [5.74, 6) is 1.77. The smallest absolute Gasteiger partial charge is 0.208 e. The molecule has 5 nitrogen and oxygen atoms in total. The first-order chi connectivity index (χ1) is 5.38. The number of hydrogen-bond donors (Lipinski definition) is 3. The predicted octanol–water partition coefficient (Wildman–Crippen LogP) is -0.836. The first-order valence-corrected chi connectivity index (χ1v) is 3.24. The highest BCUT2D eigenvalue weighted by Crippen LogP contribution is 2.09. The van der Waals surface area contributed by atoms with Crippen LogP contribution in [0.5, 0.6) is 0 Å². The topological polar surface area (TPSA) is 71.7 Å². The Morgan fingerprint density at radius 3 is 3.36 bits per heavy atom. The largest absolute Gasteiger partial charge is 0.456 e. The van der Waals surface area contributed by atoms with Crippen molar-refractivity contribution in [2.45, 2.75) is 0 Å². The van der Waals surface area contributed by atoms with E-state index in [9.17, 15) is 0 Å². The highest BCUT2D eigenvalue weighted by Gasteiger charge is 2.17. The van der Waals surface area contributed by atoms with Gasteiger partial charge in [0.2, 0.25) is 5.76 Å². The second kappa shape index (κ2) is 2.19. The molecule has 0 aromatic carbocycles. The molecular weight excluding hydrogens is 144 g/mol. The minimum atomic E-state index is 0.426. The number of rotatable bonds is 0. The van der Waals surface area contributed by atoms with Gasteiger partial charge in [0, 0.05) is 6.20 Å². The highest BCUT2D eigenvalue weighted by molar-refractivity contribution is 5.96. The zero-order valence-electron chi connectivity index (χ0n) is 5.79. The van der Waals surface area contributed by atoms with Gasteiger partial charge in [0.25, 0.3) is 0 Å². The molecule has 2 heterocycles. The molecule has 0 saturated heterocycles. The van der Waals surface area contributed by atoms with E-state index < -0.39 is 0 Å². The third-order valence-corrected chi connectivity index (χ3v) is 1.45. The minimum Gasteiger partial charge on any atom is -0.456 e. The molecule has 11 heavy (non-hydrogen) atoms. The fourth-order valence-electron chi connectivity index (χ4n) is 0.939. The van der Waals surface area contributed by atoms with Crippen molar-refractivity contribution in [3.8, 4) is 0 Å². The van der Waals surface area contributed by atoms with Crippen molar-refractivity contribution >= 4 is 5.84 Å². The summed E-state index contributed by atoms with van der Waals surface area (Å²) in [6, 6.07) is 0. The fraction of sp³-hybridized carbons (Fsp3) is 0.167. The Bertz CT molecular complexity index is 266. The molecule has 0 saturated carbocycles. The number of nitrogens with one attached hydrogen (secondary N) is 2. The Hall–Kier alpha value is -1.65. The van der Waals surface area contributed by atoms with Crippen LogP contribution < -0.4 is 16.4 Å². The first kappa shape index (κ1) is 6.09. The van der Waals surface area contributed by atoms with E-state index in [1.54, 1.807) is 6.20 Å². The van der Waals surface area contributed by atoms with E-state index in [0.717, 1.165) is 5.82 Å². The number of ether oxygens (including phenoxy) is 1. The SMILES string of the molecule is NC1=NCNC2=C1OC=CN2. The normalized spacial score (nSPS) is 20.9. The monoisotopic (exact) mass is 152 g/mol. The zero-order chi connectivity index (χ0) is 7.68. The number of amidine groups is 1. The van der Waals surface area contributed by atoms with Crippen LogP contribution >= 0.6 is 0 Å². The molecule has 5 heteroatoms. The van der Waals surface area contributed by atoms with Crippen LogP contribution in [-0.2, 0) is 4.74 Å². The molecule has 0 spiro atoms. The van der Waals surface area contributed by atoms with Gasteiger partial charge in [-0.1, -0.05) is 0 Å². The summed E-state index contributed by atoms with van der Waals surface area (Å²) < 4.78 is 5.11. The Balaban J connectivity index is 2.31. The molecule has 0 radical (unpaired) electrons. The lowest BCUT2D eigenvalue weighted by Gasteiger charge is -2.21. The predicted molar refractivity (Wildman–Crippen MR) is 40.0 cm³/mol. The Labute approximate surface area is 63.6 Å². The van der Waals surface area contributed by atoms with Gasteiger partial charge in [0.1, 0.15) is 12.9 Å². The second-order valence-electron chi connectivity index (χ2n) is 2.15. The van der Waals surface area contributed by atoms with Gasteiger partial charge in [-0.3, -0.25) is 0 Å². The van der Waals surface area contributed by atoms with Gasteiger partial charge in [-0.2, -0.15) is 0 Å². The van der Waals surface area contributed by atoms with Crippen LogP contribution in [0.25, 0.3) is 0 Å². The molecule has 0 atom stereocenters. The summed E-state index contributed by atoms with van der Waals surface area (Å²) in [7, 11) is 0. The molecule has 0 aromatic rings. The molecule has 0 amide bonds. The van der Waals surface area contributed by atoms with Crippen LogP contribution in [0.3, 0.4) is 0 Å². The maximum Gasteiger partial charge on any atom is 0.208 e. The van der Waals surface area contributed by atoms with E-state index >= 15 is 0 Å². The maximum atomic E-state index is 5.54. The van der Waals surface area contributed by atoms with Gasteiger partial charge < -0.3 is 21.1 Å². The van der Waals surface area contributed by atoms with Crippen LogP contribution in [0, 0.1) is 0 Å². The third kappa shape index (κ3) is 0.899. The Kier molecular flexibility index (Phi) is 1.21. The van der Waals surface area contributed by atoms with Crippen molar-refractivity contribution in [1.29, 1.82) is 0 Å². The van der Waals surface area contributed by atoms with Crippen molar-refractivity contribution in [2.75, 3.05) is 6.67 Å². The quantitative estimate of drug-likeness (QED) is 0.423. The van der Waals surface area contributed by atoms with Gasteiger partial charge in [-0.15, -0.1) is 0 Å². The standard InChI is InChI=1S/C6H8N4O/c7-5-4-6(10-3-9-5)8-1-2-11-4/h1-2,8,10H,3H2,(H2,7,9). The molecule has 2 aliphatic rings. The third-order valence-electron chi connectivity index (χ3n) is 1.45. The van der Waals surface area contributed by atoms with Crippen molar-refractivity contribution in [3.05, 3.63) is 24.0 Å². The van der Waals surface area contributed by atoms with E-state index in [-0.39, 0.29) is 0 Å². The zero-order valence-corrected chi connectivity index (χ0v) is 5.79. The lowest BCUT2D eigenvalue weighted by Crippen LogP contribution is -2.36. The minimum absolute atomic E-state index is 0.426. The van der Waals surface area contributed by atoms with Crippen molar-refractivity contribution < 1.29 is 4.74 Å². The van der Waals surface area contributed by atoms with Crippen molar-refractivity contribution in [2.24, 2.45) is 10.7 Å². The van der Waals surface area contributed by atoms with Gasteiger partial charge >= 0.3 is 0 Å². The average molecular weight is 152 g/mol. The van der Waals surface area contributed by atoms with Gasteiger partial charge in [0.05, 0.1) is 0 Å². The second-order valence-corrected chi connectivity index (χ2v) is 2.15. The van der Waals surface area contributed by atoms with Crippen LogP contribution in [0.2, 0.25) is 0 Å². The van der Waals surface area contributed by atoms with Crippen molar-refractivity contribution in [3.63, 3.8) is 0 Å². The van der Waals surface area contributed by atoms with E-state index in [4.69, 9.17) is 10.5 Å². The number of hydrogen-bond acceptors (Lipinski definition) is 5. The summed E-state index contributed by atoms with van der Waals surface area (Å²) in [5.41, 5.74) is 5.54. The molecule has 58 valence electrons. The molecule has 0 bridgehead atoms. The summed E-state index contributed by atoms with van der Waals surface area (Å²) in [4.78, 5) is 3.94. The van der Waals surface area contributed by atoms with E-state index in [1.165, 1.54) is 6.26 Å². The summed E-state index contributed by atoms with van der Waals surface area (Å²) in [6.07, 6.45) is 3.21. The number of nitrogens with zero attached hydrogens (tertiary/aromatic N) is 1. The molecule has 0 unspecified atom stereocenters. The molecule has 0 aliphatic carbocycles. The molecule has 0 aromatic heterocycles. The number of aliphatic imine (C=N–C) groups is 1. The van der Waals surface area contributed by atoms with Crippen LogP contribution in [0.4, 0.5) is 0 Å². The Morgan fingerprint density at radius 1 is 1.64 bits per heavy atom. The molecule has 4 N–H and O–H groups in total. The average Bonchev–Trinajstić information content (AvgIpc) is 2.06. The van der Waals surface area contributed by atoms with E-state index in [2.05, 4.69) is 15.6 Å². The molecular formula is C6H8N4O. The van der Waals surface area contributed by atoms with Crippen LogP contribution in [0.1, 0.15) is 0 Å². The van der Waals surface area contributed by atoms with Gasteiger partial charge in [-0.25, -0.2) is 4.99 Å². The van der Waals surface area contributed by atoms with Crippen molar-refractivity contribution in [1.82, 2.24) is 10.6 Å². The van der Waals surface area contributed by atoms with E-state index in [1.807, 2.05) is 0 Å². The summed E-state index contributed by atoms with van der Waals surface area (Å²) in [5, 5.41) is 5.93. The maximum absolute atomic E-state index is 5.54. The van der Waals surface area contributed by atoms with Crippen LogP contribution in [0.15, 0.2) is 29.0 Å². The first-order valence-electron chi connectivity index (χ1n) is 3.24. The molecule has 2 aliphatic heterocycles. The highest BCUT2D eigenvalue weighted by atomic mass is 16.5. The lowest BCUT2D eigenvalue weighted by atomic mass is 10.4. The molecule has 2 rings (SSSR count). The van der Waals surface area contributed by atoms with Crippen LogP contribution in [-0.4, -0.2) is 12.5 Å². The van der Waals surface area contributed by atoms with Gasteiger partial charge in [0.15, 0.2) is 11.7 Å². The fourth-order valence-corrected chi connectivity index (χ4v) is 0.939. The van der Waals surface area contributed by atoms with E-state index in [0.29, 0.717) is 18.3 Å². The summed E-state index contributed by atoms with van der Waals surface area (Å²) >= 11 is 0.